The van der Waals surface area contributed by atoms with Crippen LogP contribution in [0.1, 0.15) is 43.6 Å². The lowest BCUT2D eigenvalue weighted by atomic mass is 9.97. The zero-order valence-corrected chi connectivity index (χ0v) is 17.3. The van der Waals surface area contributed by atoms with Gasteiger partial charge in [0.15, 0.2) is 0 Å². The highest BCUT2D eigenvalue weighted by atomic mass is 32.1. The lowest BCUT2D eigenvalue weighted by molar-refractivity contribution is 0.724. The van der Waals surface area contributed by atoms with Crippen molar-refractivity contribution < 1.29 is 0 Å². The Balaban J connectivity index is 1.87. The van der Waals surface area contributed by atoms with E-state index in [-0.39, 0.29) is 0 Å². The molecular formula is C22H28N4S. The zero-order valence-electron chi connectivity index (χ0n) is 16.5. The van der Waals surface area contributed by atoms with Gasteiger partial charge in [0.1, 0.15) is 17.0 Å². The molecule has 5 heteroatoms. The first-order valence-electron chi connectivity index (χ1n) is 10.0. The highest BCUT2D eigenvalue weighted by Crippen LogP contribution is 2.42. The van der Waals surface area contributed by atoms with E-state index in [1.54, 1.807) is 6.33 Å². The number of benzene rings is 1. The molecule has 142 valence electrons. The maximum atomic E-state index is 4.75. The molecule has 1 aliphatic rings. The van der Waals surface area contributed by atoms with E-state index in [9.17, 15) is 0 Å². The number of rotatable bonds is 4. The van der Waals surface area contributed by atoms with Crippen molar-refractivity contribution in [2.45, 2.75) is 39.5 Å². The van der Waals surface area contributed by atoms with Crippen LogP contribution in [-0.2, 0) is 6.42 Å². The average Bonchev–Trinajstić information content (AvgIpc) is 2.86. The van der Waals surface area contributed by atoms with Crippen molar-refractivity contribution in [3.8, 4) is 11.1 Å². The van der Waals surface area contributed by atoms with Crippen LogP contribution in [0.5, 0.6) is 0 Å². The second-order valence-electron chi connectivity index (χ2n) is 7.50. The van der Waals surface area contributed by atoms with Crippen LogP contribution in [0.2, 0.25) is 0 Å². The van der Waals surface area contributed by atoms with Crippen molar-refractivity contribution in [1.82, 2.24) is 15.3 Å². The van der Waals surface area contributed by atoms with Gasteiger partial charge in [0, 0.05) is 30.1 Å². The third-order valence-corrected chi connectivity index (χ3v) is 6.61. The number of anilines is 1. The maximum absolute atomic E-state index is 4.75. The minimum absolute atomic E-state index is 0.549. The molecule has 0 aliphatic carbocycles. The standard InChI is InChI=1S/C22H28N4S/c1-4-18-19(17-8-6-16(7-9-17)15(2)3)20-21(24-14-25-22(20)27-18)26-12-5-10-23-11-13-26/h6-9,14-15,23H,4-5,10-13H2,1-3H3. The Labute approximate surface area is 165 Å². The van der Waals surface area contributed by atoms with Gasteiger partial charge in [0.05, 0.1) is 5.39 Å². The van der Waals surface area contributed by atoms with Crippen molar-refractivity contribution in [3.05, 3.63) is 41.0 Å². The van der Waals surface area contributed by atoms with Crippen molar-refractivity contribution in [3.63, 3.8) is 0 Å². The molecule has 0 bridgehead atoms. The molecule has 0 radical (unpaired) electrons. The van der Waals surface area contributed by atoms with E-state index in [1.165, 1.54) is 27.0 Å². The zero-order chi connectivity index (χ0) is 18.8. The summed E-state index contributed by atoms with van der Waals surface area (Å²) in [5.74, 6) is 1.65. The van der Waals surface area contributed by atoms with Crippen LogP contribution in [0, 0.1) is 0 Å². The SMILES string of the molecule is CCc1sc2ncnc(N3CCCNCC3)c2c1-c1ccc(C(C)C)cc1. The molecular weight excluding hydrogens is 352 g/mol. The molecule has 3 aromatic rings. The number of thiophene rings is 1. The van der Waals surface area contributed by atoms with Gasteiger partial charge < -0.3 is 10.2 Å². The largest absolute Gasteiger partial charge is 0.355 e. The summed E-state index contributed by atoms with van der Waals surface area (Å²) in [6.07, 6.45) is 3.90. The van der Waals surface area contributed by atoms with Gasteiger partial charge in [-0.25, -0.2) is 9.97 Å². The van der Waals surface area contributed by atoms with E-state index >= 15 is 0 Å². The molecule has 2 aromatic heterocycles. The summed E-state index contributed by atoms with van der Waals surface area (Å²) in [4.78, 5) is 14.3. The first-order valence-corrected chi connectivity index (χ1v) is 10.8. The van der Waals surface area contributed by atoms with Gasteiger partial charge in [0.2, 0.25) is 0 Å². The summed E-state index contributed by atoms with van der Waals surface area (Å²) in [6, 6.07) is 9.08. The van der Waals surface area contributed by atoms with Gasteiger partial charge in [-0.3, -0.25) is 0 Å². The van der Waals surface area contributed by atoms with E-state index in [0.717, 1.165) is 49.7 Å². The van der Waals surface area contributed by atoms with Gasteiger partial charge in [-0.2, -0.15) is 0 Å². The molecule has 1 N–H and O–H groups in total. The molecule has 1 aromatic carbocycles. The predicted octanol–water partition coefficient (Wildman–Crippen LogP) is 4.84. The summed E-state index contributed by atoms with van der Waals surface area (Å²) < 4.78 is 0. The highest BCUT2D eigenvalue weighted by molar-refractivity contribution is 7.19. The molecule has 1 aliphatic heterocycles. The topological polar surface area (TPSA) is 41.1 Å². The predicted molar refractivity (Wildman–Crippen MR) is 116 cm³/mol. The Morgan fingerprint density at radius 1 is 1.11 bits per heavy atom. The van der Waals surface area contributed by atoms with E-state index in [0.29, 0.717) is 5.92 Å². The van der Waals surface area contributed by atoms with Gasteiger partial charge in [-0.15, -0.1) is 11.3 Å². The van der Waals surface area contributed by atoms with Crippen LogP contribution < -0.4 is 10.2 Å². The first kappa shape index (κ1) is 18.4. The van der Waals surface area contributed by atoms with Crippen LogP contribution in [0.4, 0.5) is 5.82 Å². The lowest BCUT2D eigenvalue weighted by Crippen LogP contribution is -2.28. The fourth-order valence-corrected chi connectivity index (χ4v) is 4.95. The quantitative estimate of drug-likeness (QED) is 0.703. The Bertz CT molecular complexity index is 906. The molecule has 0 atom stereocenters. The summed E-state index contributed by atoms with van der Waals surface area (Å²) in [7, 11) is 0. The van der Waals surface area contributed by atoms with E-state index in [2.05, 4.69) is 60.2 Å². The number of aromatic nitrogens is 2. The third-order valence-electron chi connectivity index (χ3n) is 5.37. The Morgan fingerprint density at radius 3 is 2.67 bits per heavy atom. The van der Waals surface area contributed by atoms with Crippen molar-refractivity contribution >= 4 is 27.4 Å². The van der Waals surface area contributed by atoms with Crippen LogP contribution in [-0.4, -0.2) is 36.1 Å². The summed E-state index contributed by atoms with van der Waals surface area (Å²) in [5.41, 5.74) is 4.00. The molecule has 1 fully saturated rings. The summed E-state index contributed by atoms with van der Waals surface area (Å²) in [5, 5.41) is 4.73. The number of hydrogen-bond donors (Lipinski definition) is 1. The van der Waals surface area contributed by atoms with Crippen molar-refractivity contribution in [1.29, 1.82) is 0 Å². The van der Waals surface area contributed by atoms with Crippen molar-refractivity contribution in [2.75, 3.05) is 31.1 Å². The van der Waals surface area contributed by atoms with Crippen LogP contribution in [0.15, 0.2) is 30.6 Å². The lowest BCUT2D eigenvalue weighted by Gasteiger charge is -2.22. The van der Waals surface area contributed by atoms with Gasteiger partial charge >= 0.3 is 0 Å². The molecule has 1 saturated heterocycles. The molecule has 27 heavy (non-hydrogen) atoms. The number of hydrogen-bond acceptors (Lipinski definition) is 5. The monoisotopic (exact) mass is 380 g/mol. The smallest absolute Gasteiger partial charge is 0.141 e. The van der Waals surface area contributed by atoms with E-state index < -0.39 is 0 Å². The molecule has 0 saturated carbocycles. The van der Waals surface area contributed by atoms with E-state index in [1.807, 2.05) is 11.3 Å². The number of nitrogens with zero attached hydrogens (tertiary/aromatic N) is 3. The van der Waals surface area contributed by atoms with Crippen LogP contribution >= 0.6 is 11.3 Å². The number of fused-ring (bicyclic) bond motifs is 1. The maximum Gasteiger partial charge on any atom is 0.141 e. The second-order valence-corrected chi connectivity index (χ2v) is 8.58. The summed E-state index contributed by atoms with van der Waals surface area (Å²) in [6.45, 7) is 10.8. The molecule has 4 nitrogen and oxygen atoms in total. The van der Waals surface area contributed by atoms with Gasteiger partial charge in [0.25, 0.3) is 0 Å². The summed E-state index contributed by atoms with van der Waals surface area (Å²) >= 11 is 1.82. The second kappa shape index (κ2) is 7.95. The van der Waals surface area contributed by atoms with Gasteiger partial charge in [-0.05, 0) is 36.4 Å². The molecule has 3 heterocycles. The molecule has 0 unspecified atom stereocenters. The average molecular weight is 381 g/mol. The number of aryl methyl sites for hydroxylation is 1. The molecule has 4 rings (SSSR count). The third kappa shape index (κ3) is 3.58. The Kier molecular flexibility index (Phi) is 5.41. The van der Waals surface area contributed by atoms with Crippen LogP contribution in [0.3, 0.4) is 0 Å². The van der Waals surface area contributed by atoms with Crippen molar-refractivity contribution in [2.24, 2.45) is 0 Å². The van der Waals surface area contributed by atoms with Crippen LogP contribution in [0.25, 0.3) is 21.3 Å². The Hall–Kier alpha value is -1.98. The fourth-order valence-electron chi connectivity index (χ4n) is 3.85. The minimum Gasteiger partial charge on any atom is -0.355 e. The molecule has 0 amide bonds. The molecule has 0 spiro atoms. The minimum atomic E-state index is 0.549. The first-order chi connectivity index (χ1) is 13.2. The van der Waals surface area contributed by atoms with E-state index in [4.69, 9.17) is 4.98 Å². The van der Waals surface area contributed by atoms with Gasteiger partial charge in [-0.1, -0.05) is 45.0 Å². The highest BCUT2D eigenvalue weighted by Gasteiger charge is 2.22. The Morgan fingerprint density at radius 2 is 1.93 bits per heavy atom. The number of nitrogens with one attached hydrogen (secondary N) is 1. The normalized spacial score (nSPS) is 15.5. The fraction of sp³-hybridized carbons (Fsp3) is 0.455.